The van der Waals surface area contributed by atoms with Crippen molar-refractivity contribution in [1.82, 2.24) is 15.0 Å². The zero-order valence-corrected chi connectivity index (χ0v) is 15.5. The van der Waals surface area contributed by atoms with Crippen LogP contribution in [0.5, 0.6) is 5.75 Å². The number of ether oxygens (including phenoxy) is 2. The largest absolute Gasteiger partial charge is 0.494 e. The van der Waals surface area contributed by atoms with Crippen molar-refractivity contribution < 1.29 is 18.3 Å². The van der Waals surface area contributed by atoms with Crippen molar-refractivity contribution in [1.29, 1.82) is 0 Å². The molecule has 6 nitrogen and oxygen atoms in total. The van der Waals surface area contributed by atoms with Gasteiger partial charge in [0.1, 0.15) is 17.2 Å². The Labute approximate surface area is 160 Å². The van der Waals surface area contributed by atoms with Crippen LogP contribution in [-0.4, -0.2) is 47.4 Å². The first-order valence-electron chi connectivity index (χ1n) is 9.05. The van der Waals surface area contributed by atoms with Gasteiger partial charge in [-0.1, -0.05) is 0 Å². The highest BCUT2D eigenvalue weighted by Crippen LogP contribution is 2.41. The fourth-order valence-corrected chi connectivity index (χ4v) is 3.81. The van der Waals surface area contributed by atoms with Crippen LogP contribution in [0, 0.1) is 18.6 Å². The molecule has 2 saturated heterocycles. The standard InChI is InChI=1S/C20H18F2N4O2/c1-11-7-12-14(8-23-11)24-18(16-13(21)3-4-15(27-2)17(16)22)25-19(12)26-9-20(10-26)5-6-28-20/h3-4,7-8H,5-6,9-10H2,1-2H3. The Morgan fingerprint density at radius 1 is 1.21 bits per heavy atom. The maximum atomic E-state index is 14.8. The first-order chi connectivity index (χ1) is 13.5. The monoisotopic (exact) mass is 384 g/mol. The molecule has 0 atom stereocenters. The van der Waals surface area contributed by atoms with Crippen LogP contribution in [0.2, 0.25) is 0 Å². The van der Waals surface area contributed by atoms with Gasteiger partial charge in [0.2, 0.25) is 0 Å². The third-order valence-corrected chi connectivity index (χ3v) is 5.42. The second-order valence-electron chi connectivity index (χ2n) is 7.29. The zero-order chi connectivity index (χ0) is 19.5. The fraction of sp³-hybridized carbons (Fsp3) is 0.350. The first kappa shape index (κ1) is 17.2. The van der Waals surface area contributed by atoms with Crippen LogP contribution in [0.1, 0.15) is 12.1 Å². The van der Waals surface area contributed by atoms with Crippen LogP contribution in [0.15, 0.2) is 24.4 Å². The molecule has 2 aliphatic rings. The number of halogens is 2. The Balaban J connectivity index is 1.68. The van der Waals surface area contributed by atoms with Crippen LogP contribution in [0.4, 0.5) is 14.6 Å². The molecule has 0 amide bonds. The minimum absolute atomic E-state index is 0.0301. The van der Waals surface area contributed by atoms with E-state index in [1.807, 2.05) is 13.0 Å². The number of pyridine rings is 1. The van der Waals surface area contributed by atoms with E-state index in [2.05, 4.69) is 19.9 Å². The molecule has 0 N–H and O–H groups in total. The molecule has 0 unspecified atom stereocenters. The molecule has 8 heteroatoms. The normalized spacial score (nSPS) is 17.5. The molecule has 3 aromatic rings. The lowest BCUT2D eigenvalue weighted by atomic mass is 9.86. The maximum Gasteiger partial charge on any atom is 0.179 e. The first-order valence-corrected chi connectivity index (χ1v) is 9.05. The summed E-state index contributed by atoms with van der Waals surface area (Å²) in [5.41, 5.74) is 0.936. The summed E-state index contributed by atoms with van der Waals surface area (Å²) in [4.78, 5) is 15.3. The average molecular weight is 384 g/mol. The number of methoxy groups -OCH3 is 1. The van der Waals surface area contributed by atoms with Gasteiger partial charge in [0, 0.05) is 17.5 Å². The van der Waals surface area contributed by atoms with Crippen molar-refractivity contribution in [3.8, 4) is 17.1 Å². The van der Waals surface area contributed by atoms with E-state index >= 15 is 0 Å². The van der Waals surface area contributed by atoms with Gasteiger partial charge in [-0.15, -0.1) is 0 Å². The number of anilines is 1. The number of nitrogens with zero attached hydrogens (tertiary/aromatic N) is 4. The Kier molecular flexibility index (Phi) is 3.74. The molecule has 0 saturated carbocycles. The van der Waals surface area contributed by atoms with Gasteiger partial charge in [-0.3, -0.25) is 4.98 Å². The molecule has 2 aromatic heterocycles. The van der Waals surface area contributed by atoms with Crippen molar-refractivity contribution in [3.63, 3.8) is 0 Å². The Hall–Kier alpha value is -2.87. The third-order valence-electron chi connectivity index (χ3n) is 5.42. The van der Waals surface area contributed by atoms with Crippen LogP contribution in [0.3, 0.4) is 0 Å². The summed E-state index contributed by atoms with van der Waals surface area (Å²) in [6.45, 7) is 4.05. The summed E-state index contributed by atoms with van der Waals surface area (Å²) >= 11 is 0. The highest BCUT2D eigenvalue weighted by molar-refractivity contribution is 5.91. The summed E-state index contributed by atoms with van der Waals surface area (Å²) in [6.07, 6.45) is 2.61. The summed E-state index contributed by atoms with van der Waals surface area (Å²) in [6, 6.07) is 4.28. The van der Waals surface area contributed by atoms with Crippen LogP contribution >= 0.6 is 0 Å². The topological polar surface area (TPSA) is 60.4 Å². The Bertz CT molecular complexity index is 1090. The van der Waals surface area contributed by atoms with Crippen molar-refractivity contribution in [3.05, 3.63) is 41.7 Å². The van der Waals surface area contributed by atoms with Crippen LogP contribution < -0.4 is 9.64 Å². The lowest BCUT2D eigenvalue weighted by molar-refractivity contribution is -0.161. The van der Waals surface area contributed by atoms with Crippen LogP contribution in [-0.2, 0) is 4.74 Å². The van der Waals surface area contributed by atoms with Gasteiger partial charge in [0.05, 0.1) is 44.1 Å². The van der Waals surface area contributed by atoms with E-state index in [1.54, 1.807) is 6.20 Å². The number of aryl methyl sites for hydroxylation is 1. The molecule has 2 aliphatic heterocycles. The summed E-state index contributed by atoms with van der Waals surface area (Å²) in [5, 5.41) is 0.800. The molecule has 1 spiro atoms. The quantitative estimate of drug-likeness (QED) is 0.691. The average Bonchev–Trinajstić information content (AvgIpc) is 2.60. The van der Waals surface area contributed by atoms with Gasteiger partial charge in [-0.25, -0.2) is 18.7 Å². The highest BCUT2D eigenvalue weighted by Gasteiger charge is 2.50. The predicted molar refractivity (Wildman–Crippen MR) is 99.5 cm³/mol. The Morgan fingerprint density at radius 3 is 2.68 bits per heavy atom. The molecule has 0 bridgehead atoms. The molecular formula is C20H18F2N4O2. The summed E-state index contributed by atoms with van der Waals surface area (Å²) < 4.78 is 40.0. The minimum Gasteiger partial charge on any atom is -0.494 e. The van der Waals surface area contributed by atoms with Gasteiger partial charge >= 0.3 is 0 Å². The number of aromatic nitrogens is 3. The van der Waals surface area contributed by atoms with Crippen molar-refractivity contribution in [2.75, 3.05) is 31.7 Å². The molecular weight excluding hydrogens is 366 g/mol. The van der Waals surface area contributed by atoms with E-state index in [0.717, 1.165) is 30.2 Å². The van der Waals surface area contributed by atoms with E-state index < -0.39 is 11.6 Å². The second kappa shape index (κ2) is 6.07. The van der Waals surface area contributed by atoms with Gasteiger partial charge in [-0.05, 0) is 25.1 Å². The van der Waals surface area contributed by atoms with E-state index in [9.17, 15) is 8.78 Å². The molecule has 144 valence electrons. The smallest absolute Gasteiger partial charge is 0.179 e. The predicted octanol–water partition coefficient (Wildman–Crippen LogP) is 3.27. The molecule has 5 rings (SSSR count). The van der Waals surface area contributed by atoms with E-state index in [1.165, 1.54) is 13.2 Å². The van der Waals surface area contributed by atoms with E-state index in [-0.39, 0.29) is 22.7 Å². The molecule has 2 fully saturated rings. The van der Waals surface area contributed by atoms with Crippen molar-refractivity contribution >= 4 is 16.7 Å². The number of rotatable bonds is 3. The van der Waals surface area contributed by atoms with Gasteiger partial charge in [0.15, 0.2) is 17.4 Å². The molecule has 4 heterocycles. The number of benzene rings is 1. The fourth-order valence-electron chi connectivity index (χ4n) is 3.81. The SMILES string of the molecule is COc1ccc(F)c(-c2nc(N3CC4(CCO4)C3)c3cc(C)ncc3n2)c1F. The summed E-state index contributed by atoms with van der Waals surface area (Å²) in [5.74, 6) is -1.03. The molecule has 0 radical (unpaired) electrons. The minimum atomic E-state index is -0.824. The van der Waals surface area contributed by atoms with Gasteiger partial charge in [0.25, 0.3) is 0 Å². The second-order valence-corrected chi connectivity index (χ2v) is 7.29. The lowest BCUT2D eigenvalue weighted by Crippen LogP contribution is -2.68. The summed E-state index contributed by atoms with van der Waals surface area (Å²) in [7, 11) is 1.33. The number of fused-ring (bicyclic) bond motifs is 1. The third kappa shape index (κ3) is 2.51. The van der Waals surface area contributed by atoms with Crippen molar-refractivity contribution in [2.45, 2.75) is 18.9 Å². The zero-order valence-electron chi connectivity index (χ0n) is 15.5. The van der Waals surface area contributed by atoms with E-state index in [0.29, 0.717) is 24.4 Å². The van der Waals surface area contributed by atoms with Gasteiger partial charge in [-0.2, -0.15) is 0 Å². The molecule has 0 aliphatic carbocycles. The van der Waals surface area contributed by atoms with Crippen molar-refractivity contribution in [2.24, 2.45) is 0 Å². The highest BCUT2D eigenvalue weighted by atomic mass is 19.1. The Morgan fingerprint density at radius 2 is 2.00 bits per heavy atom. The van der Waals surface area contributed by atoms with E-state index in [4.69, 9.17) is 9.47 Å². The molecule has 1 aromatic carbocycles. The maximum absolute atomic E-state index is 14.8. The number of hydrogen-bond acceptors (Lipinski definition) is 6. The lowest BCUT2D eigenvalue weighted by Gasteiger charge is -2.55. The van der Waals surface area contributed by atoms with Crippen LogP contribution in [0.25, 0.3) is 22.3 Å². The number of hydrogen-bond donors (Lipinski definition) is 0. The van der Waals surface area contributed by atoms with Gasteiger partial charge < -0.3 is 14.4 Å². The molecule has 28 heavy (non-hydrogen) atoms.